The van der Waals surface area contributed by atoms with Crippen LogP contribution in [0.25, 0.3) is 33.1 Å². The van der Waals surface area contributed by atoms with Gasteiger partial charge >= 0.3 is 6.01 Å². The third-order valence-electron chi connectivity index (χ3n) is 6.33. The van der Waals surface area contributed by atoms with Crippen LogP contribution in [0.5, 0.6) is 11.8 Å². The second kappa shape index (κ2) is 11.9. The molecule has 2 aromatic carbocycles. The predicted octanol–water partition coefficient (Wildman–Crippen LogP) is 4.15. The van der Waals surface area contributed by atoms with Crippen LogP contribution in [-0.2, 0) is 4.79 Å². The molecule has 4 N–H and O–H groups in total. The standard InChI is InChI=1S/C22H15ClFN5O.C6H13N3O/c1-11-5-6-25-22(27-11)30-13-3-4-14(17(23)7-13)15-8-16-19(9-18(15)24)26-10-20-21(16)29-12(2)28-20;7-6(10)5-9-3-1-8-2-4-9/h3-10H,1-2H3,(H,28,29);8H,1-5H2,(H2,7,10). The Morgan fingerprint density at radius 1 is 1.10 bits per heavy atom. The second-order valence-corrected chi connectivity index (χ2v) is 9.82. The summed E-state index contributed by atoms with van der Waals surface area (Å²) < 4.78 is 20.6. The average Bonchev–Trinajstić information content (AvgIpc) is 3.30. The molecule has 206 valence electrons. The molecule has 1 aliphatic heterocycles. The molecule has 0 atom stereocenters. The first-order chi connectivity index (χ1) is 19.3. The summed E-state index contributed by atoms with van der Waals surface area (Å²) in [6, 6.07) is 10.1. The van der Waals surface area contributed by atoms with E-state index in [1.807, 2.05) is 13.8 Å². The Morgan fingerprint density at radius 2 is 1.90 bits per heavy atom. The summed E-state index contributed by atoms with van der Waals surface area (Å²) in [6.45, 7) is 7.91. The van der Waals surface area contributed by atoms with Crippen LogP contribution < -0.4 is 15.8 Å². The number of aromatic amines is 1. The quantitative estimate of drug-likeness (QED) is 0.291. The summed E-state index contributed by atoms with van der Waals surface area (Å²) in [7, 11) is 0. The Hall–Kier alpha value is -4.19. The largest absolute Gasteiger partial charge is 0.424 e. The number of carbonyl (C=O) groups excluding carboxylic acids is 1. The molecular formula is C28H28ClFN8O2. The number of piperazine rings is 1. The summed E-state index contributed by atoms with van der Waals surface area (Å²) in [5, 5.41) is 4.29. The third kappa shape index (κ3) is 6.33. The van der Waals surface area contributed by atoms with E-state index < -0.39 is 5.82 Å². The first kappa shape index (κ1) is 27.4. The number of halogens is 2. The van der Waals surface area contributed by atoms with Crippen LogP contribution in [-0.4, -0.2) is 68.5 Å². The van der Waals surface area contributed by atoms with Crippen LogP contribution in [0, 0.1) is 19.7 Å². The number of fused-ring (bicyclic) bond motifs is 3. The van der Waals surface area contributed by atoms with E-state index in [1.54, 1.807) is 42.7 Å². The monoisotopic (exact) mass is 562 g/mol. The molecule has 3 aromatic heterocycles. The van der Waals surface area contributed by atoms with Gasteiger partial charge in [0.15, 0.2) is 0 Å². The number of rotatable bonds is 5. The number of nitrogens with two attached hydrogens (primary N) is 1. The first-order valence-corrected chi connectivity index (χ1v) is 13.1. The zero-order valence-corrected chi connectivity index (χ0v) is 22.8. The number of benzene rings is 2. The maximum absolute atomic E-state index is 14.9. The molecule has 6 rings (SSSR count). The van der Waals surface area contributed by atoms with Crippen LogP contribution in [0.3, 0.4) is 0 Å². The lowest BCUT2D eigenvalue weighted by molar-refractivity contribution is -0.119. The van der Waals surface area contributed by atoms with E-state index in [4.69, 9.17) is 22.1 Å². The number of imidazole rings is 1. The Bertz CT molecular complexity index is 1690. The molecule has 5 aromatic rings. The normalized spacial score (nSPS) is 13.7. The number of nitrogens with one attached hydrogen (secondary N) is 2. The van der Waals surface area contributed by atoms with Crippen molar-refractivity contribution in [1.29, 1.82) is 0 Å². The number of aromatic nitrogens is 5. The van der Waals surface area contributed by atoms with Crippen LogP contribution in [0.4, 0.5) is 4.39 Å². The Balaban J connectivity index is 0.000000274. The minimum Gasteiger partial charge on any atom is -0.424 e. The lowest BCUT2D eigenvalue weighted by Gasteiger charge is -2.25. The SMILES string of the molecule is Cc1ccnc(Oc2ccc(-c3cc4c(cc3F)ncc3[nH]c(C)nc34)c(Cl)c2)n1.NC(=O)CN1CCNCC1. The van der Waals surface area contributed by atoms with E-state index in [1.165, 1.54) is 6.07 Å². The van der Waals surface area contributed by atoms with Crippen molar-refractivity contribution in [2.45, 2.75) is 13.8 Å². The molecule has 1 fully saturated rings. The highest BCUT2D eigenvalue weighted by molar-refractivity contribution is 6.33. The van der Waals surface area contributed by atoms with Crippen molar-refractivity contribution in [3.8, 4) is 22.9 Å². The molecule has 1 amide bonds. The van der Waals surface area contributed by atoms with E-state index >= 15 is 0 Å². The summed E-state index contributed by atoms with van der Waals surface area (Å²) in [5.74, 6) is 0.576. The number of hydrogen-bond donors (Lipinski definition) is 3. The van der Waals surface area contributed by atoms with Gasteiger partial charge in [-0.05, 0) is 38.1 Å². The van der Waals surface area contributed by atoms with Crippen LogP contribution in [0.2, 0.25) is 5.02 Å². The van der Waals surface area contributed by atoms with Crippen molar-refractivity contribution >= 4 is 39.4 Å². The van der Waals surface area contributed by atoms with Crippen molar-refractivity contribution < 1.29 is 13.9 Å². The van der Waals surface area contributed by atoms with Crippen molar-refractivity contribution in [1.82, 2.24) is 35.1 Å². The number of hydrogen-bond acceptors (Lipinski definition) is 8. The molecule has 0 saturated carbocycles. The van der Waals surface area contributed by atoms with Crippen molar-refractivity contribution in [3.05, 3.63) is 71.2 Å². The summed E-state index contributed by atoms with van der Waals surface area (Å²) >= 11 is 6.48. The molecule has 1 aliphatic rings. The zero-order valence-electron chi connectivity index (χ0n) is 22.0. The van der Waals surface area contributed by atoms with Crippen molar-refractivity contribution in [3.63, 3.8) is 0 Å². The van der Waals surface area contributed by atoms with Gasteiger partial charge in [-0.2, -0.15) is 0 Å². The maximum atomic E-state index is 14.9. The first-order valence-electron chi connectivity index (χ1n) is 12.7. The molecule has 0 aliphatic carbocycles. The number of nitrogens with zero attached hydrogens (tertiary/aromatic N) is 5. The minimum absolute atomic E-state index is 0.220. The highest BCUT2D eigenvalue weighted by Crippen LogP contribution is 2.36. The molecule has 1 saturated heterocycles. The third-order valence-corrected chi connectivity index (χ3v) is 6.64. The lowest BCUT2D eigenvalue weighted by Crippen LogP contribution is -2.46. The molecule has 10 nitrogen and oxygen atoms in total. The summed E-state index contributed by atoms with van der Waals surface area (Å²) in [4.78, 5) is 32.7. The number of pyridine rings is 1. The molecule has 4 heterocycles. The van der Waals surface area contributed by atoms with Gasteiger partial charge in [0.2, 0.25) is 5.91 Å². The number of carbonyl (C=O) groups is 1. The lowest BCUT2D eigenvalue weighted by atomic mass is 10.0. The average molecular weight is 563 g/mol. The molecule has 0 unspecified atom stereocenters. The molecule has 0 spiro atoms. The van der Waals surface area contributed by atoms with Gasteiger partial charge in [-0.25, -0.2) is 19.3 Å². The van der Waals surface area contributed by atoms with Crippen molar-refractivity contribution in [2.75, 3.05) is 32.7 Å². The fraction of sp³-hybridized carbons (Fsp3) is 0.250. The number of aryl methyl sites for hydroxylation is 2. The van der Waals surface area contributed by atoms with E-state index in [9.17, 15) is 9.18 Å². The van der Waals surface area contributed by atoms with Gasteiger partial charge < -0.3 is 20.8 Å². The van der Waals surface area contributed by atoms with E-state index in [-0.39, 0.29) is 11.9 Å². The van der Waals surface area contributed by atoms with Gasteiger partial charge in [0.25, 0.3) is 0 Å². The molecule has 40 heavy (non-hydrogen) atoms. The maximum Gasteiger partial charge on any atom is 0.322 e. The topological polar surface area (TPSA) is 135 Å². The number of H-pyrrole nitrogens is 1. The van der Waals surface area contributed by atoms with Gasteiger partial charge in [-0.15, -0.1) is 0 Å². The van der Waals surface area contributed by atoms with E-state index in [0.29, 0.717) is 34.0 Å². The number of amides is 1. The van der Waals surface area contributed by atoms with Crippen LogP contribution in [0.1, 0.15) is 11.5 Å². The molecule has 0 radical (unpaired) electrons. The Labute approximate surface area is 234 Å². The van der Waals surface area contributed by atoms with E-state index in [0.717, 1.165) is 54.1 Å². The minimum atomic E-state index is -0.417. The number of primary amides is 1. The second-order valence-electron chi connectivity index (χ2n) is 9.41. The fourth-order valence-corrected chi connectivity index (χ4v) is 4.73. The molecular weight excluding hydrogens is 535 g/mol. The highest BCUT2D eigenvalue weighted by Gasteiger charge is 2.15. The van der Waals surface area contributed by atoms with Crippen molar-refractivity contribution in [2.24, 2.45) is 5.73 Å². The predicted molar refractivity (Wildman–Crippen MR) is 152 cm³/mol. The Morgan fingerprint density at radius 3 is 2.62 bits per heavy atom. The van der Waals surface area contributed by atoms with Gasteiger partial charge in [0, 0.05) is 66.7 Å². The zero-order chi connectivity index (χ0) is 28.2. The number of ether oxygens (including phenoxy) is 1. The Kier molecular flexibility index (Phi) is 8.15. The smallest absolute Gasteiger partial charge is 0.322 e. The molecule has 12 heteroatoms. The molecule has 0 bridgehead atoms. The van der Waals surface area contributed by atoms with Gasteiger partial charge in [0.1, 0.15) is 17.4 Å². The summed E-state index contributed by atoms with van der Waals surface area (Å²) in [6.07, 6.45) is 3.27. The van der Waals surface area contributed by atoms with Crippen LogP contribution in [0.15, 0.2) is 48.8 Å². The van der Waals surface area contributed by atoms with Gasteiger partial charge in [0.05, 0.1) is 34.3 Å². The van der Waals surface area contributed by atoms with Crippen LogP contribution >= 0.6 is 11.6 Å². The van der Waals surface area contributed by atoms with E-state index in [2.05, 4.69) is 35.1 Å². The summed E-state index contributed by atoms with van der Waals surface area (Å²) in [5.41, 5.74) is 8.78. The van der Waals surface area contributed by atoms with Gasteiger partial charge in [-0.3, -0.25) is 14.7 Å². The van der Waals surface area contributed by atoms with Gasteiger partial charge in [-0.1, -0.05) is 11.6 Å². The fourth-order valence-electron chi connectivity index (χ4n) is 4.46. The highest BCUT2D eigenvalue weighted by atomic mass is 35.5.